The van der Waals surface area contributed by atoms with Crippen LogP contribution >= 0.6 is 0 Å². The quantitative estimate of drug-likeness (QED) is 0.634. The molecule has 86 valence electrons. The van der Waals surface area contributed by atoms with Gasteiger partial charge < -0.3 is 5.32 Å². The number of nitro groups is 1. The van der Waals surface area contributed by atoms with Gasteiger partial charge in [-0.15, -0.1) is 0 Å². The number of hydrogen-bond acceptors (Lipinski definition) is 3. The molecule has 0 spiro atoms. The third kappa shape index (κ3) is 1.98. The topological polar surface area (TPSA) is 55.2 Å². The van der Waals surface area contributed by atoms with Crippen molar-refractivity contribution in [1.82, 2.24) is 0 Å². The van der Waals surface area contributed by atoms with Gasteiger partial charge in [0.2, 0.25) is 0 Å². The zero-order valence-corrected chi connectivity index (χ0v) is 9.00. The Kier molecular flexibility index (Phi) is 2.77. The van der Waals surface area contributed by atoms with E-state index in [1.165, 1.54) is 19.1 Å². The van der Waals surface area contributed by atoms with Crippen molar-refractivity contribution in [1.29, 1.82) is 0 Å². The molecule has 0 amide bonds. The SMILES string of the molecule is Cc1cc([N+](=O)[O-])c(NC2CCC2)cc1F. The van der Waals surface area contributed by atoms with Crippen molar-refractivity contribution in [3.63, 3.8) is 0 Å². The molecule has 1 saturated carbocycles. The highest BCUT2D eigenvalue weighted by Crippen LogP contribution is 2.31. The van der Waals surface area contributed by atoms with E-state index in [9.17, 15) is 14.5 Å². The second-order valence-corrected chi connectivity index (χ2v) is 4.15. The molecule has 1 aliphatic carbocycles. The fourth-order valence-electron chi connectivity index (χ4n) is 1.71. The first-order valence-corrected chi connectivity index (χ1v) is 5.29. The summed E-state index contributed by atoms with van der Waals surface area (Å²) in [6.45, 7) is 1.52. The molecule has 4 nitrogen and oxygen atoms in total. The van der Waals surface area contributed by atoms with E-state index >= 15 is 0 Å². The summed E-state index contributed by atoms with van der Waals surface area (Å²) >= 11 is 0. The Morgan fingerprint density at radius 2 is 2.19 bits per heavy atom. The van der Waals surface area contributed by atoms with Gasteiger partial charge in [-0.1, -0.05) is 0 Å². The second kappa shape index (κ2) is 4.08. The molecule has 0 unspecified atom stereocenters. The molecule has 0 heterocycles. The zero-order valence-electron chi connectivity index (χ0n) is 9.00. The molecule has 1 aliphatic rings. The van der Waals surface area contributed by atoms with Crippen LogP contribution in [0.5, 0.6) is 0 Å². The van der Waals surface area contributed by atoms with Gasteiger partial charge in [0, 0.05) is 18.2 Å². The number of nitrogens with one attached hydrogen (secondary N) is 1. The maximum absolute atomic E-state index is 13.3. The number of hydrogen-bond donors (Lipinski definition) is 1. The van der Waals surface area contributed by atoms with Crippen LogP contribution in [0.1, 0.15) is 24.8 Å². The minimum atomic E-state index is -0.479. The van der Waals surface area contributed by atoms with Crippen molar-refractivity contribution >= 4 is 11.4 Å². The van der Waals surface area contributed by atoms with Gasteiger partial charge in [0.15, 0.2) is 0 Å². The number of nitrogens with zero attached hydrogens (tertiary/aromatic N) is 1. The van der Waals surface area contributed by atoms with E-state index in [1.54, 1.807) is 0 Å². The highest BCUT2D eigenvalue weighted by molar-refractivity contribution is 5.63. The molecule has 1 aromatic carbocycles. The molecular weight excluding hydrogens is 211 g/mol. The number of nitro benzene ring substituents is 1. The molecule has 1 fully saturated rings. The summed E-state index contributed by atoms with van der Waals surface area (Å²) in [4.78, 5) is 10.3. The van der Waals surface area contributed by atoms with Gasteiger partial charge in [-0.3, -0.25) is 10.1 Å². The van der Waals surface area contributed by atoms with Crippen molar-refractivity contribution in [3.8, 4) is 0 Å². The van der Waals surface area contributed by atoms with Gasteiger partial charge in [0.05, 0.1) is 4.92 Å². The van der Waals surface area contributed by atoms with E-state index in [0.29, 0.717) is 5.56 Å². The average Bonchev–Trinajstić information content (AvgIpc) is 2.16. The van der Waals surface area contributed by atoms with Gasteiger partial charge in [0.25, 0.3) is 5.69 Å². The van der Waals surface area contributed by atoms with Crippen molar-refractivity contribution < 1.29 is 9.31 Å². The molecule has 0 bridgehead atoms. The lowest BCUT2D eigenvalue weighted by molar-refractivity contribution is -0.384. The van der Waals surface area contributed by atoms with Crippen LogP contribution in [0.4, 0.5) is 15.8 Å². The minimum absolute atomic E-state index is 0.0502. The summed E-state index contributed by atoms with van der Waals surface area (Å²) in [7, 11) is 0. The predicted octanol–water partition coefficient (Wildman–Crippen LogP) is 3.01. The van der Waals surface area contributed by atoms with Crippen LogP contribution < -0.4 is 5.32 Å². The van der Waals surface area contributed by atoms with Gasteiger partial charge >= 0.3 is 0 Å². The first-order valence-electron chi connectivity index (χ1n) is 5.29. The van der Waals surface area contributed by atoms with Crippen molar-refractivity contribution in [2.75, 3.05) is 5.32 Å². The summed E-state index contributed by atoms with van der Waals surface area (Å²) < 4.78 is 13.3. The summed E-state index contributed by atoms with van der Waals surface area (Å²) in [6, 6.07) is 2.74. The fourth-order valence-corrected chi connectivity index (χ4v) is 1.71. The van der Waals surface area contributed by atoms with Crippen LogP contribution in [0.25, 0.3) is 0 Å². The van der Waals surface area contributed by atoms with Gasteiger partial charge in [0.1, 0.15) is 11.5 Å². The Balaban J connectivity index is 2.32. The minimum Gasteiger partial charge on any atom is -0.377 e. The van der Waals surface area contributed by atoms with Gasteiger partial charge in [-0.2, -0.15) is 0 Å². The Morgan fingerprint density at radius 3 is 2.69 bits per heavy atom. The number of rotatable bonds is 3. The number of benzene rings is 1. The smallest absolute Gasteiger partial charge is 0.292 e. The highest BCUT2D eigenvalue weighted by Gasteiger charge is 2.22. The second-order valence-electron chi connectivity index (χ2n) is 4.15. The van der Waals surface area contributed by atoms with Gasteiger partial charge in [-0.25, -0.2) is 4.39 Å². The van der Waals surface area contributed by atoms with E-state index in [0.717, 1.165) is 19.3 Å². The molecule has 1 N–H and O–H groups in total. The lowest BCUT2D eigenvalue weighted by atomic mass is 9.93. The van der Waals surface area contributed by atoms with E-state index < -0.39 is 10.7 Å². The van der Waals surface area contributed by atoms with E-state index in [-0.39, 0.29) is 17.4 Å². The standard InChI is InChI=1S/C11H13FN2O2/c1-7-5-11(14(15)16)10(6-9(7)12)13-8-3-2-4-8/h5-6,8,13H,2-4H2,1H3. The van der Waals surface area contributed by atoms with Crippen molar-refractivity contribution in [2.24, 2.45) is 0 Å². The Morgan fingerprint density at radius 1 is 1.50 bits per heavy atom. The van der Waals surface area contributed by atoms with Crippen LogP contribution in [0.3, 0.4) is 0 Å². The summed E-state index contributed by atoms with van der Waals surface area (Å²) in [5, 5.41) is 13.8. The van der Waals surface area contributed by atoms with E-state index in [1.807, 2.05) is 0 Å². The van der Waals surface area contributed by atoms with Crippen LogP contribution in [0, 0.1) is 22.9 Å². The average molecular weight is 224 g/mol. The lowest BCUT2D eigenvalue weighted by Crippen LogP contribution is -2.27. The lowest BCUT2D eigenvalue weighted by Gasteiger charge is -2.27. The van der Waals surface area contributed by atoms with Crippen LogP contribution in [-0.2, 0) is 0 Å². The van der Waals surface area contributed by atoms with Crippen LogP contribution in [0.2, 0.25) is 0 Å². The Labute approximate surface area is 92.6 Å². The summed E-state index contributed by atoms with van der Waals surface area (Å²) in [5.74, 6) is -0.410. The molecule has 16 heavy (non-hydrogen) atoms. The number of halogens is 1. The van der Waals surface area contributed by atoms with E-state index in [4.69, 9.17) is 0 Å². The fraction of sp³-hybridized carbons (Fsp3) is 0.455. The van der Waals surface area contributed by atoms with Crippen molar-refractivity contribution in [3.05, 3.63) is 33.6 Å². The molecular formula is C11H13FN2O2. The molecule has 1 aromatic rings. The molecule has 2 rings (SSSR count). The number of aryl methyl sites for hydroxylation is 1. The first-order chi connectivity index (χ1) is 7.58. The molecule has 0 aliphatic heterocycles. The molecule has 0 radical (unpaired) electrons. The Bertz CT molecular complexity index is 430. The molecule has 0 atom stereocenters. The predicted molar refractivity (Wildman–Crippen MR) is 59.1 cm³/mol. The Hall–Kier alpha value is -1.65. The highest BCUT2D eigenvalue weighted by atomic mass is 19.1. The monoisotopic (exact) mass is 224 g/mol. The summed E-state index contributed by atoms with van der Waals surface area (Å²) in [5.41, 5.74) is 0.537. The normalized spacial score (nSPS) is 15.6. The molecule has 5 heteroatoms. The van der Waals surface area contributed by atoms with Gasteiger partial charge in [-0.05, 0) is 31.7 Å². The van der Waals surface area contributed by atoms with Crippen LogP contribution in [0.15, 0.2) is 12.1 Å². The van der Waals surface area contributed by atoms with Crippen LogP contribution in [-0.4, -0.2) is 11.0 Å². The van der Waals surface area contributed by atoms with Crippen molar-refractivity contribution in [2.45, 2.75) is 32.2 Å². The first kappa shape index (κ1) is 10.9. The maximum atomic E-state index is 13.3. The third-order valence-corrected chi connectivity index (χ3v) is 2.94. The number of anilines is 1. The maximum Gasteiger partial charge on any atom is 0.292 e. The molecule has 0 aromatic heterocycles. The van der Waals surface area contributed by atoms with E-state index in [2.05, 4.69) is 5.32 Å². The summed E-state index contributed by atoms with van der Waals surface area (Å²) in [6.07, 6.45) is 3.11. The zero-order chi connectivity index (χ0) is 11.7. The third-order valence-electron chi connectivity index (χ3n) is 2.94. The largest absolute Gasteiger partial charge is 0.377 e. The molecule has 0 saturated heterocycles.